The van der Waals surface area contributed by atoms with Crippen LogP contribution in [-0.2, 0) is 4.74 Å². The molecule has 1 aromatic rings. The summed E-state index contributed by atoms with van der Waals surface area (Å²) >= 11 is 0. The van der Waals surface area contributed by atoms with E-state index in [-0.39, 0.29) is 11.8 Å². The van der Waals surface area contributed by atoms with Crippen LogP contribution in [0.25, 0.3) is 0 Å². The first-order valence-electron chi connectivity index (χ1n) is 4.99. The highest BCUT2D eigenvalue weighted by molar-refractivity contribution is 5.41. The Balaban J connectivity index is 2.24. The molecule has 1 aromatic carbocycles. The molecular formula is C11H15NO3. The Morgan fingerprint density at radius 1 is 1.53 bits per heavy atom. The van der Waals surface area contributed by atoms with Gasteiger partial charge in [-0.2, -0.15) is 0 Å². The molecule has 1 saturated heterocycles. The second-order valence-corrected chi connectivity index (χ2v) is 3.51. The van der Waals surface area contributed by atoms with Crippen LogP contribution in [0.4, 0.5) is 0 Å². The van der Waals surface area contributed by atoms with E-state index in [9.17, 15) is 5.11 Å². The number of hydrogen-bond donors (Lipinski definition) is 2. The largest absolute Gasteiger partial charge is 0.508 e. The quantitative estimate of drug-likeness (QED) is 0.764. The molecule has 2 N–H and O–H groups in total. The van der Waals surface area contributed by atoms with Crippen molar-refractivity contribution in [2.45, 2.75) is 6.04 Å². The van der Waals surface area contributed by atoms with Gasteiger partial charge >= 0.3 is 0 Å². The number of phenols is 1. The van der Waals surface area contributed by atoms with E-state index in [1.165, 1.54) is 0 Å². The molecule has 1 unspecified atom stereocenters. The van der Waals surface area contributed by atoms with Crippen molar-refractivity contribution >= 4 is 0 Å². The molecule has 1 atom stereocenters. The first-order valence-corrected chi connectivity index (χ1v) is 4.99. The Morgan fingerprint density at radius 3 is 3.07 bits per heavy atom. The normalized spacial score (nSPS) is 21.3. The molecule has 1 fully saturated rings. The van der Waals surface area contributed by atoms with Gasteiger partial charge in [-0.3, -0.25) is 0 Å². The zero-order chi connectivity index (χ0) is 10.7. The van der Waals surface area contributed by atoms with Crippen molar-refractivity contribution in [2.24, 2.45) is 0 Å². The lowest BCUT2D eigenvalue weighted by atomic mass is 10.1. The van der Waals surface area contributed by atoms with E-state index in [1.54, 1.807) is 19.2 Å². The monoisotopic (exact) mass is 209 g/mol. The molecule has 0 amide bonds. The van der Waals surface area contributed by atoms with E-state index < -0.39 is 0 Å². The fourth-order valence-corrected chi connectivity index (χ4v) is 1.70. The van der Waals surface area contributed by atoms with Gasteiger partial charge in [-0.1, -0.05) is 0 Å². The molecule has 0 spiro atoms. The van der Waals surface area contributed by atoms with Crippen molar-refractivity contribution in [3.05, 3.63) is 23.8 Å². The smallest absolute Gasteiger partial charge is 0.120 e. The van der Waals surface area contributed by atoms with Crippen molar-refractivity contribution in [3.63, 3.8) is 0 Å². The maximum atomic E-state index is 9.73. The summed E-state index contributed by atoms with van der Waals surface area (Å²) in [4.78, 5) is 0. The second-order valence-electron chi connectivity index (χ2n) is 3.51. The first-order chi connectivity index (χ1) is 7.31. The van der Waals surface area contributed by atoms with E-state index in [4.69, 9.17) is 9.47 Å². The standard InChI is InChI=1S/C11H15NO3/c1-14-8-2-3-11(13)9(6-8)10-7-15-5-4-12-10/h2-3,6,10,12-13H,4-5,7H2,1H3. The molecule has 4 heteroatoms. The van der Waals surface area contributed by atoms with Gasteiger partial charge in [0.25, 0.3) is 0 Å². The van der Waals surface area contributed by atoms with Crippen molar-refractivity contribution < 1.29 is 14.6 Å². The summed E-state index contributed by atoms with van der Waals surface area (Å²) in [5, 5.41) is 13.0. The Kier molecular flexibility index (Phi) is 3.08. The van der Waals surface area contributed by atoms with E-state index >= 15 is 0 Å². The molecule has 0 aliphatic carbocycles. The Labute approximate surface area is 88.8 Å². The summed E-state index contributed by atoms with van der Waals surface area (Å²) in [7, 11) is 1.61. The SMILES string of the molecule is COc1ccc(O)c(C2COCCN2)c1. The summed E-state index contributed by atoms with van der Waals surface area (Å²) in [6.45, 7) is 2.11. The van der Waals surface area contributed by atoms with Gasteiger partial charge in [-0.05, 0) is 18.2 Å². The van der Waals surface area contributed by atoms with Crippen LogP contribution in [-0.4, -0.2) is 32.0 Å². The minimum absolute atomic E-state index is 0.0499. The molecule has 0 aromatic heterocycles. The number of morpholine rings is 1. The molecular weight excluding hydrogens is 194 g/mol. The predicted octanol–water partition coefficient (Wildman–Crippen LogP) is 1.06. The van der Waals surface area contributed by atoms with E-state index in [0.29, 0.717) is 6.61 Å². The Hall–Kier alpha value is -1.26. The van der Waals surface area contributed by atoms with E-state index in [0.717, 1.165) is 24.5 Å². The third-order valence-electron chi connectivity index (χ3n) is 2.53. The van der Waals surface area contributed by atoms with Gasteiger partial charge in [0.15, 0.2) is 0 Å². The number of aromatic hydroxyl groups is 1. The number of rotatable bonds is 2. The van der Waals surface area contributed by atoms with Crippen molar-refractivity contribution in [1.82, 2.24) is 5.32 Å². The highest BCUT2D eigenvalue weighted by Crippen LogP contribution is 2.29. The van der Waals surface area contributed by atoms with E-state index in [2.05, 4.69) is 5.32 Å². The summed E-state index contributed by atoms with van der Waals surface area (Å²) < 4.78 is 10.5. The first kappa shape index (κ1) is 10.3. The van der Waals surface area contributed by atoms with Crippen LogP contribution < -0.4 is 10.1 Å². The molecule has 0 bridgehead atoms. The fourth-order valence-electron chi connectivity index (χ4n) is 1.70. The second kappa shape index (κ2) is 4.51. The number of phenolic OH excluding ortho intramolecular Hbond substituents is 1. The summed E-state index contributed by atoms with van der Waals surface area (Å²) in [6, 6.07) is 5.27. The van der Waals surface area contributed by atoms with Crippen molar-refractivity contribution in [1.29, 1.82) is 0 Å². The number of benzene rings is 1. The lowest BCUT2D eigenvalue weighted by Crippen LogP contribution is -2.34. The molecule has 4 nitrogen and oxygen atoms in total. The number of hydrogen-bond acceptors (Lipinski definition) is 4. The van der Waals surface area contributed by atoms with Gasteiger partial charge in [0.2, 0.25) is 0 Å². The minimum Gasteiger partial charge on any atom is -0.508 e. The average molecular weight is 209 g/mol. The Bertz CT molecular complexity index is 335. The predicted molar refractivity (Wildman–Crippen MR) is 56.2 cm³/mol. The van der Waals surface area contributed by atoms with Crippen LogP contribution in [0.15, 0.2) is 18.2 Å². The number of ether oxygens (including phenoxy) is 2. The molecule has 2 rings (SSSR count). The molecule has 1 heterocycles. The lowest BCUT2D eigenvalue weighted by molar-refractivity contribution is 0.0760. The third kappa shape index (κ3) is 2.22. The van der Waals surface area contributed by atoms with Gasteiger partial charge in [-0.25, -0.2) is 0 Å². The number of methoxy groups -OCH3 is 1. The van der Waals surface area contributed by atoms with Crippen LogP contribution >= 0.6 is 0 Å². The highest BCUT2D eigenvalue weighted by Gasteiger charge is 2.18. The maximum Gasteiger partial charge on any atom is 0.120 e. The fraction of sp³-hybridized carbons (Fsp3) is 0.455. The van der Waals surface area contributed by atoms with Crippen LogP contribution in [0.2, 0.25) is 0 Å². The average Bonchev–Trinajstić information content (AvgIpc) is 2.31. The van der Waals surface area contributed by atoms with Gasteiger partial charge in [0, 0.05) is 12.1 Å². The van der Waals surface area contributed by atoms with Gasteiger partial charge in [0.05, 0.1) is 26.4 Å². The van der Waals surface area contributed by atoms with Crippen molar-refractivity contribution in [2.75, 3.05) is 26.9 Å². The van der Waals surface area contributed by atoms with E-state index in [1.807, 2.05) is 6.07 Å². The summed E-state index contributed by atoms with van der Waals surface area (Å²) in [5.74, 6) is 1.02. The topological polar surface area (TPSA) is 50.7 Å². The van der Waals surface area contributed by atoms with Crippen LogP contribution in [0.3, 0.4) is 0 Å². The number of nitrogens with one attached hydrogen (secondary N) is 1. The minimum atomic E-state index is 0.0499. The highest BCUT2D eigenvalue weighted by atomic mass is 16.5. The molecule has 82 valence electrons. The molecule has 1 aliphatic rings. The molecule has 0 saturated carbocycles. The lowest BCUT2D eigenvalue weighted by Gasteiger charge is -2.25. The van der Waals surface area contributed by atoms with Gasteiger partial charge < -0.3 is 19.9 Å². The van der Waals surface area contributed by atoms with Crippen LogP contribution in [0, 0.1) is 0 Å². The summed E-state index contributed by atoms with van der Waals surface area (Å²) in [5.41, 5.74) is 0.828. The third-order valence-corrected chi connectivity index (χ3v) is 2.53. The Morgan fingerprint density at radius 2 is 2.40 bits per heavy atom. The summed E-state index contributed by atoms with van der Waals surface area (Å²) in [6.07, 6.45) is 0. The van der Waals surface area contributed by atoms with Gasteiger partial charge in [-0.15, -0.1) is 0 Å². The van der Waals surface area contributed by atoms with Crippen molar-refractivity contribution in [3.8, 4) is 11.5 Å². The zero-order valence-corrected chi connectivity index (χ0v) is 8.69. The van der Waals surface area contributed by atoms with Gasteiger partial charge in [0.1, 0.15) is 11.5 Å². The zero-order valence-electron chi connectivity index (χ0n) is 8.69. The molecule has 15 heavy (non-hydrogen) atoms. The molecule has 0 radical (unpaired) electrons. The van der Waals surface area contributed by atoms with Crippen LogP contribution in [0.1, 0.15) is 11.6 Å². The molecule has 1 aliphatic heterocycles. The van der Waals surface area contributed by atoms with Crippen LogP contribution in [0.5, 0.6) is 11.5 Å². The maximum absolute atomic E-state index is 9.73.